The average Bonchev–Trinajstić information content (AvgIpc) is 2.71. The first kappa shape index (κ1) is 10.6. The van der Waals surface area contributed by atoms with Crippen LogP contribution in [0.2, 0.25) is 0 Å². The number of rotatable bonds is 2. The van der Waals surface area contributed by atoms with Gasteiger partial charge in [0.15, 0.2) is 0 Å². The monoisotopic (exact) mass is 209 g/mol. The minimum atomic E-state index is -0.988. The molecule has 0 unspecified atom stereocenters. The van der Waals surface area contributed by atoms with Crippen molar-refractivity contribution in [1.82, 2.24) is 5.32 Å². The van der Waals surface area contributed by atoms with Crippen molar-refractivity contribution < 1.29 is 9.50 Å². The molecule has 1 aliphatic heterocycles. The Morgan fingerprint density at radius 1 is 1.53 bits per heavy atom. The Bertz CT molecular complexity index is 345. The molecule has 1 aromatic carbocycles. The Balaban J connectivity index is 2.27. The number of hydrogen-bond donors (Lipinski definition) is 2. The van der Waals surface area contributed by atoms with Gasteiger partial charge in [-0.25, -0.2) is 4.39 Å². The van der Waals surface area contributed by atoms with E-state index in [4.69, 9.17) is 0 Å². The Hall–Kier alpha value is -0.930. The maximum absolute atomic E-state index is 13.1. The predicted molar refractivity (Wildman–Crippen MR) is 57.0 cm³/mol. The van der Waals surface area contributed by atoms with Crippen LogP contribution in [0, 0.1) is 5.82 Å². The molecule has 1 aliphatic rings. The van der Waals surface area contributed by atoms with Crippen molar-refractivity contribution >= 4 is 0 Å². The quantitative estimate of drug-likeness (QED) is 0.778. The molecule has 82 valence electrons. The van der Waals surface area contributed by atoms with Crippen LogP contribution >= 0.6 is 0 Å². The molecule has 1 fully saturated rings. The van der Waals surface area contributed by atoms with E-state index in [0.717, 1.165) is 19.4 Å². The summed E-state index contributed by atoms with van der Waals surface area (Å²) in [5.41, 5.74) is -0.347. The molecule has 2 atom stereocenters. The van der Waals surface area contributed by atoms with Crippen molar-refractivity contribution in [1.29, 1.82) is 0 Å². The van der Waals surface area contributed by atoms with E-state index in [-0.39, 0.29) is 11.9 Å². The highest BCUT2D eigenvalue weighted by Gasteiger charge is 2.35. The zero-order valence-corrected chi connectivity index (χ0v) is 8.83. The Morgan fingerprint density at radius 3 is 2.93 bits per heavy atom. The lowest BCUT2D eigenvalue weighted by molar-refractivity contribution is 0.0216. The van der Waals surface area contributed by atoms with Gasteiger partial charge >= 0.3 is 0 Å². The average molecular weight is 209 g/mol. The van der Waals surface area contributed by atoms with Gasteiger partial charge in [-0.15, -0.1) is 0 Å². The van der Waals surface area contributed by atoms with Crippen molar-refractivity contribution in [2.45, 2.75) is 31.4 Å². The zero-order valence-electron chi connectivity index (χ0n) is 8.83. The van der Waals surface area contributed by atoms with Crippen LogP contribution in [-0.4, -0.2) is 17.7 Å². The summed E-state index contributed by atoms with van der Waals surface area (Å²) in [6, 6.07) is 6.22. The fraction of sp³-hybridized carbons (Fsp3) is 0.500. The van der Waals surface area contributed by atoms with Crippen LogP contribution in [0.3, 0.4) is 0 Å². The van der Waals surface area contributed by atoms with E-state index >= 15 is 0 Å². The summed E-state index contributed by atoms with van der Waals surface area (Å²) in [6.45, 7) is 2.67. The van der Waals surface area contributed by atoms with E-state index in [0.29, 0.717) is 5.56 Å². The summed E-state index contributed by atoms with van der Waals surface area (Å²) >= 11 is 0. The number of benzene rings is 1. The number of hydrogen-bond acceptors (Lipinski definition) is 2. The third-order valence-electron chi connectivity index (χ3n) is 3.15. The Morgan fingerprint density at radius 2 is 2.33 bits per heavy atom. The smallest absolute Gasteiger partial charge is 0.123 e. The number of halogens is 1. The van der Waals surface area contributed by atoms with Crippen molar-refractivity contribution in [2.75, 3.05) is 6.54 Å². The standard InChI is InChI=1S/C12H16FNO/c1-12(15,11-6-3-7-14-11)9-4-2-5-10(13)8-9/h2,4-5,8,11,14-15H,3,6-7H2,1H3/t11-,12+/m0/s1. The molecule has 2 N–H and O–H groups in total. The largest absolute Gasteiger partial charge is 0.384 e. The van der Waals surface area contributed by atoms with E-state index in [1.54, 1.807) is 19.1 Å². The molecule has 1 saturated heterocycles. The number of nitrogens with one attached hydrogen (secondary N) is 1. The molecule has 15 heavy (non-hydrogen) atoms. The maximum Gasteiger partial charge on any atom is 0.123 e. The van der Waals surface area contributed by atoms with Gasteiger partial charge < -0.3 is 10.4 Å². The molecular weight excluding hydrogens is 193 g/mol. The molecule has 0 saturated carbocycles. The Labute approximate surface area is 89.1 Å². The molecule has 1 aromatic rings. The topological polar surface area (TPSA) is 32.3 Å². The molecule has 0 radical (unpaired) electrons. The van der Waals surface area contributed by atoms with Gasteiger partial charge in [-0.2, -0.15) is 0 Å². The first-order valence-corrected chi connectivity index (χ1v) is 5.32. The summed E-state index contributed by atoms with van der Waals surface area (Å²) in [5, 5.41) is 13.6. The highest BCUT2D eigenvalue weighted by atomic mass is 19.1. The van der Waals surface area contributed by atoms with Crippen LogP contribution in [0.1, 0.15) is 25.3 Å². The van der Waals surface area contributed by atoms with Crippen LogP contribution in [0.4, 0.5) is 4.39 Å². The molecule has 2 rings (SSSR count). The normalized spacial score (nSPS) is 25.1. The van der Waals surface area contributed by atoms with Crippen molar-refractivity contribution in [3.63, 3.8) is 0 Å². The second-order valence-electron chi connectivity index (χ2n) is 4.31. The highest BCUT2D eigenvalue weighted by molar-refractivity contribution is 5.24. The summed E-state index contributed by atoms with van der Waals surface area (Å²) in [4.78, 5) is 0. The van der Waals surface area contributed by atoms with E-state index in [1.165, 1.54) is 12.1 Å². The fourth-order valence-electron chi connectivity index (χ4n) is 2.17. The van der Waals surface area contributed by atoms with Gasteiger partial charge in [0, 0.05) is 6.04 Å². The first-order chi connectivity index (χ1) is 7.10. The molecule has 1 heterocycles. The van der Waals surface area contributed by atoms with Gasteiger partial charge in [-0.05, 0) is 44.0 Å². The second kappa shape index (κ2) is 3.91. The van der Waals surface area contributed by atoms with Crippen molar-refractivity contribution in [2.24, 2.45) is 0 Å². The SMILES string of the molecule is C[C@@](O)(c1cccc(F)c1)[C@@H]1CCCN1. The number of aliphatic hydroxyl groups is 1. The van der Waals surface area contributed by atoms with Gasteiger partial charge in [0.1, 0.15) is 11.4 Å². The molecule has 0 aliphatic carbocycles. The van der Waals surface area contributed by atoms with E-state index in [9.17, 15) is 9.50 Å². The predicted octanol–water partition coefficient (Wildman–Crippen LogP) is 1.79. The maximum atomic E-state index is 13.1. The van der Waals surface area contributed by atoms with Crippen LogP contribution < -0.4 is 5.32 Å². The molecule has 0 bridgehead atoms. The van der Waals surface area contributed by atoms with Gasteiger partial charge in [0.2, 0.25) is 0 Å². The summed E-state index contributed by atoms with van der Waals surface area (Å²) in [7, 11) is 0. The van der Waals surface area contributed by atoms with Gasteiger partial charge in [-0.1, -0.05) is 12.1 Å². The van der Waals surface area contributed by atoms with E-state index < -0.39 is 5.60 Å². The van der Waals surface area contributed by atoms with Crippen LogP contribution in [-0.2, 0) is 5.60 Å². The molecular formula is C12H16FNO. The van der Waals surface area contributed by atoms with Crippen molar-refractivity contribution in [3.05, 3.63) is 35.6 Å². The molecule has 3 heteroatoms. The lowest BCUT2D eigenvalue weighted by Crippen LogP contribution is -2.42. The zero-order chi connectivity index (χ0) is 10.9. The minimum Gasteiger partial charge on any atom is -0.384 e. The fourth-order valence-corrected chi connectivity index (χ4v) is 2.17. The summed E-state index contributed by atoms with van der Waals surface area (Å²) in [5.74, 6) is -0.300. The van der Waals surface area contributed by atoms with Crippen LogP contribution in [0.25, 0.3) is 0 Å². The molecule has 0 amide bonds. The first-order valence-electron chi connectivity index (χ1n) is 5.32. The van der Waals surface area contributed by atoms with Crippen molar-refractivity contribution in [3.8, 4) is 0 Å². The Kier molecular flexibility index (Phi) is 2.76. The van der Waals surface area contributed by atoms with E-state index in [2.05, 4.69) is 5.32 Å². The third-order valence-corrected chi connectivity index (χ3v) is 3.15. The highest BCUT2D eigenvalue weighted by Crippen LogP contribution is 2.29. The van der Waals surface area contributed by atoms with Gasteiger partial charge in [-0.3, -0.25) is 0 Å². The van der Waals surface area contributed by atoms with Crippen LogP contribution in [0.15, 0.2) is 24.3 Å². The minimum absolute atomic E-state index is 0.0271. The molecule has 0 aromatic heterocycles. The molecule has 0 spiro atoms. The summed E-state index contributed by atoms with van der Waals surface area (Å²) < 4.78 is 13.1. The molecule has 2 nitrogen and oxygen atoms in total. The second-order valence-corrected chi connectivity index (χ2v) is 4.31. The van der Waals surface area contributed by atoms with Gasteiger partial charge in [0.25, 0.3) is 0 Å². The lowest BCUT2D eigenvalue weighted by Gasteiger charge is -2.30. The van der Waals surface area contributed by atoms with E-state index in [1.807, 2.05) is 0 Å². The van der Waals surface area contributed by atoms with Crippen LogP contribution in [0.5, 0.6) is 0 Å². The summed E-state index contributed by atoms with van der Waals surface area (Å²) in [6.07, 6.45) is 2.00. The lowest BCUT2D eigenvalue weighted by atomic mass is 9.87. The van der Waals surface area contributed by atoms with Gasteiger partial charge in [0.05, 0.1) is 0 Å². The third kappa shape index (κ3) is 2.03.